The maximum Gasteiger partial charge on any atom is 0.225 e. The fourth-order valence-corrected chi connectivity index (χ4v) is 2.12. The van der Waals surface area contributed by atoms with Gasteiger partial charge in [-0.1, -0.05) is 33.1 Å². The van der Waals surface area contributed by atoms with Crippen LogP contribution in [0, 0.1) is 11.8 Å². The Balaban J connectivity index is 2.23. The molecule has 1 rings (SSSR count). The van der Waals surface area contributed by atoms with Gasteiger partial charge in [0.05, 0.1) is 5.92 Å². The van der Waals surface area contributed by atoms with E-state index in [-0.39, 0.29) is 17.7 Å². The van der Waals surface area contributed by atoms with Crippen LogP contribution in [0.15, 0.2) is 0 Å². The first-order chi connectivity index (χ1) is 8.17. The zero-order valence-electron chi connectivity index (χ0n) is 10.9. The van der Waals surface area contributed by atoms with Crippen LogP contribution < -0.4 is 10.6 Å². The largest absolute Gasteiger partial charge is 0.356 e. The number of hydrogen-bond donors (Lipinski definition) is 2. The standard InChI is InChI=1S/C13H24N2O2/c1-3-5-6-10(4-2)8-15-13(17)11-7-12(16)14-9-11/h10-11H,3-9H2,1-2H3,(H,14,16)(H,15,17). The predicted molar refractivity (Wildman–Crippen MR) is 67.4 cm³/mol. The molecule has 4 nitrogen and oxygen atoms in total. The lowest BCUT2D eigenvalue weighted by Crippen LogP contribution is -2.35. The molecular formula is C13H24N2O2. The first-order valence-corrected chi connectivity index (χ1v) is 6.71. The summed E-state index contributed by atoms with van der Waals surface area (Å²) in [5, 5.41) is 5.66. The molecule has 2 amide bonds. The molecule has 0 radical (unpaired) electrons. The average Bonchev–Trinajstić information content (AvgIpc) is 2.76. The fraction of sp³-hybridized carbons (Fsp3) is 0.846. The van der Waals surface area contributed by atoms with Crippen LogP contribution in [0.25, 0.3) is 0 Å². The van der Waals surface area contributed by atoms with Crippen LogP contribution in [0.4, 0.5) is 0 Å². The zero-order valence-corrected chi connectivity index (χ0v) is 10.9. The molecule has 4 heteroatoms. The Morgan fingerprint density at radius 3 is 2.82 bits per heavy atom. The molecule has 1 heterocycles. The molecule has 0 aromatic carbocycles. The first kappa shape index (κ1) is 14.0. The van der Waals surface area contributed by atoms with Crippen molar-refractivity contribution in [1.82, 2.24) is 10.6 Å². The number of amides is 2. The van der Waals surface area contributed by atoms with Crippen molar-refractivity contribution in [1.29, 1.82) is 0 Å². The van der Waals surface area contributed by atoms with Gasteiger partial charge < -0.3 is 10.6 Å². The molecule has 0 aromatic heterocycles. The van der Waals surface area contributed by atoms with Crippen LogP contribution in [-0.2, 0) is 9.59 Å². The highest BCUT2D eigenvalue weighted by molar-refractivity contribution is 5.89. The van der Waals surface area contributed by atoms with E-state index in [9.17, 15) is 9.59 Å². The Hall–Kier alpha value is -1.06. The van der Waals surface area contributed by atoms with Crippen molar-refractivity contribution in [2.75, 3.05) is 13.1 Å². The second kappa shape index (κ2) is 7.30. The van der Waals surface area contributed by atoms with E-state index in [2.05, 4.69) is 24.5 Å². The summed E-state index contributed by atoms with van der Waals surface area (Å²) in [6.45, 7) is 5.59. The Morgan fingerprint density at radius 2 is 2.29 bits per heavy atom. The SMILES string of the molecule is CCCCC(CC)CNC(=O)C1CNC(=O)C1. The molecule has 0 bridgehead atoms. The highest BCUT2D eigenvalue weighted by Crippen LogP contribution is 2.13. The van der Waals surface area contributed by atoms with E-state index in [1.807, 2.05) is 0 Å². The third-order valence-corrected chi connectivity index (χ3v) is 3.46. The third-order valence-electron chi connectivity index (χ3n) is 3.46. The van der Waals surface area contributed by atoms with Gasteiger partial charge in [-0.25, -0.2) is 0 Å². The predicted octanol–water partition coefficient (Wildman–Crippen LogP) is 1.46. The minimum Gasteiger partial charge on any atom is -0.356 e. The Labute approximate surface area is 104 Å². The van der Waals surface area contributed by atoms with Gasteiger partial charge in [0.2, 0.25) is 11.8 Å². The summed E-state index contributed by atoms with van der Waals surface area (Å²) in [7, 11) is 0. The third kappa shape index (κ3) is 4.75. The Kier molecular flexibility index (Phi) is 6.01. The van der Waals surface area contributed by atoms with E-state index in [0.717, 1.165) is 13.0 Å². The summed E-state index contributed by atoms with van der Waals surface area (Å²) in [6, 6.07) is 0. The summed E-state index contributed by atoms with van der Waals surface area (Å²) in [5.41, 5.74) is 0. The molecule has 17 heavy (non-hydrogen) atoms. The van der Waals surface area contributed by atoms with E-state index in [0.29, 0.717) is 18.9 Å². The first-order valence-electron chi connectivity index (χ1n) is 6.71. The number of hydrogen-bond acceptors (Lipinski definition) is 2. The molecule has 1 aliphatic rings. The van der Waals surface area contributed by atoms with Crippen molar-refractivity contribution in [3.63, 3.8) is 0 Å². The Morgan fingerprint density at radius 1 is 1.53 bits per heavy atom. The highest BCUT2D eigenvalue weighted by Gasteiger charge is 2.27. The van der Waals surface area contributed by atoms with Gasteiger partial charge >= 0.3 is 0 Å². The van der Waals surface area contributed by atoms with Crippen LogP contribution in [0.3, 0.4) is 0 Å². The number of unbranched alkanes of at least 4 members (excludes halogenated alkanes) is 1. The van der Waals surface area contributed by atoms with Gasteiger partial charge in [-0.15, -0.1) is 0 Å². The monoisotopic (exact) mass is 240 g/mol. The van der Waals surface area contributed by atoms with Crippen LogP contribution >= 0.6 is 0 Å². The fourth-order valence-electron chi connectivity index (χ4n) is 2.12. The van der Waals surface area contributed by atoms with E-state index in [1.165, 1.54) is 19.3 Å². The van der Waals surface area contributed by atoms with Gasteiger partial charge in [-0.2, -0.15) is 0 Å². The van der Waals surface area contributed by atoms with Gasteiger partial charge in [0.15, 0.2) is 0 Å². The molecule has 1 fully saturated rings. The summed E-state index contributed by atoms with van der Waals surface area (Å²) in [6.07, 6.45) is 5.04. The lowest BCUT2D eigenvalue weighted by atomic mass is 9.99. The minimum atomic E-state index is -0.161. The normalized spacial score (nSPS) is 21.1. The highest BCUT2D eigenvalue weighted by atomic mass is 16.2. The summed E-state index contributed by atoms with van der Waals surface area (Å²) >= 11 is 0. The molecule has 2 N–H and O–H groups in total. The van der Waals surface area contributed by atoms with Crippen LogP contribution in [0.1, 0.15) is 46.0 Å². The quantitative estimate of drug-likeness (QED) is 0.707. The van der Waals surface area contributed by atoms with Crippen molar-refractivity contribution >= 4 is 11.8 Å². The molecule has 1 aliphatic heterocycles. The summed E-state index contributed by atoms with van der Waals surface area (Å²) in [4.78, 5) is 22.8. The minimum absolute atomic E-state index is 0.0109. The van der Waals surface area contributed by atoms with Crippen molar-refractivity contribution < 1.29 is 9.59 Å². The van der Waals surface area contributed by atoms with E-state index in [4.69, 9.17) is 0 Å². The molecule has 0 aromatic rings. The van der Waals surface area contributed by atoms with E-state index < -0.39 is 0 Å². The maximum atomic E-state index is 11.8. The molecule has 0 spiro atoms. The molecule has 1 saturated heterocycles. The number of nitrogens with one attached hydrogen (secondary N) is 2. The van der Waals surface area contributed by atoms with E-state index >= 15 is 0 Å². The van der Waals surface area contributed by atoms with E-state index in [1.54, 1.807) is 0 Å². The van der Waals surface area contributed by atoms with Crippen molar-refractivity contribution in [3.8, 4) is 0 Å². The Bertz CT molecular complexity index is 266. The lowest BCUT2D eigenvalue weighted by Gasteiger charge is -2.16. The van der Waals surface area contributed by atoms with Gasteiger partial charge in [0.25, 0.3) is 0 Å². The second-order valence-electron chi connectivity index (χ2n) is 4.87. The number of carbonyl (C=O) groups excluding carboxylic acids is 2. The van der Waals surface area contributed by atoms with Crippen molar-refractivity contribution in [3.05, 3.63) is 0 Å². The van der Waals surface area contributed by atoms with Crippen LogP contribution in [0.5, 0.6) is 0 Å². The van der Waals surface area contributed by atoms with Crippen LogP contribution in [0.2, 0.25) is 0 Å². The smallest absolute Gasteiger partial charge is 0.225 e. The van der Waals surface area contributed by atoms with Crippen LogP contribution in [-0.4, -0.2) is 24.9 Å². The van der Waals surface area contributed by atoms with Gasteiger partial charge in [-0.05, 0) is 12.3 Å². The van der Waals surface area contributed by atoms with Gasteiger partial charge in [0.1, 0.15) is 0 Å². The molecular weight excluding hydrogens is 216 g/mol. The molecule has 0 saturated carbocycles. The van der Waals surface area contributed by atoms with Crippen molar-refractivity contribution in [2.24, 2.45) is 11.8 Å². The topological polar surface area (TPSA) is 58.2 Å². The average molecular weight is 240 g/mol. The molecule has 2 unspecified atom stereocenters. The summed E-state index contributed by atoms with van der Waals surface area (Å²) < 4.78 is 0. The molecule has 0 aliphatic carbocycles. The molecule has 98 valence electrons. The van der Waals surface area contributed by atoms with Gasteiger partial charge in [0, 0.05) is 19.5 Å². The molecule has 2 atom stereocenters. The zero-order chi connectivity index (χ0) is 12.7. The second-order valence-corrected chi connectivity index (χ2v) is 4.87. The lowest BCUT2D eigenvalue weighted by molar-refractivity contribution is -0.126. The maximum absolute atomic E-state index is 11.8. The number of rotatable bonds is 7. The van der Waals surface area contributed by atoms with Gasteiger partial charge in [-0.3, -0.25) is 9.59 Å². The van der Waals surface area contributed by atoms with Crippen molar-refractivity contribution in [2.45, 2.75) is 46.0 Å². The summed E-state index contributed by atoms with van der Waals surface area (Å²) in [5.74, 6) is 0.427. The number of carbonyl (C=O) groups is 2.